The van der Waals surface area contributed by atoms with Gasteiger partial charge in [0.2, 0.25) is 6.10 Å². The predicted molar refractivity (Wildman–Crippen MR) is 139 cm³/mol. The first-order valence-corrected chi connectivity index (χ1v) is 11.4. The standard InChI is InChI=1S/C29H29BO4/c1-32-26-17-13-22(14-18-26)28(31)21-29(23-15-19-27(33-2)20-16-23)34-30(24-9-5-3-6-10-24)25-11-7-4-8-12-25/h3-19,21,27-28,31H,20H2,1-2H3/p+1/b29-21-. The topological polar surface area (TPSA) is 50.6 Å². The number of rotatable bonds is 9. The lowest BCUT2D eigenvalue weighted by molar-refractivity contribution is 0.142. The summed E-state index contributed by atoms with van der Waals surface area (Å²) in [7, 11) is 3.35. The van der Waals surface area contributed by atoms with Gasteiger partial charge < -0.3 is 19.2 Å². The second kappa shape index (κ2) is 11.5. The first kappa shape index (κ1) is 23.6. The Morgan fingerprint density at radius 3 is 2.03 bits per heavy atom. The smallest absolute Gasteiger partial charge is 0.426 e. The highest BCUT2D eigenvalue weighted by atomic mass is 16.5. The van der Waals surface area contributed by atoms with Gasteiger partial charge in [-0.2, -0.15) is 0 Å². The van der Waals surface area contributed by atoms with Crippen molar-refractivity contribution in [1.29, 1.82) is 0 Å². The van der Waals surface area contributed by atoms with Crippen molar-refractivity contribution < 1.29 is 19.2 Å². The van der Waals surface area contributed by atoms with E-state index in [1.165, 1.54) is 0 Å². The van der Waals surface area contributed by atoms with Gasteiger partial charge in [-0.05, 0) is 41.6 Å². The lowest BCUT2D eigenvalue weighted by Gasteiger charge is -2.23. The van der Waals surface area contributed by atoms with E-state index in [-0.39, 0.29) is 13.0 Å². The molecule has 4 rings (SSSR count). The first-order valence-electron chi connectivity index (χ1n) is 11.4. The van der Waals surface area contributed by atoms with Crippen molar-refractivity contribution in [3.63, 3.8) is 0 Å². The van der Waals surface area contributed by atoms with Crippen LogP contribution < -0.4 is 15.7 Å². The van der Waals surface area contributed by atoms with Gasteiger partial charge in [-0.15, -0.1) is 0 Å². The summed E-state index contributed by atoms with van der Waals surface area (Å²) in [6.45, 7) is -0.300. The third-order valence-electron chi connectivity index (χ3n) is 5.89. The van der Waals surface area contributed by atoms with Gasteiger partial charge in [-0.25, -0.2) is 0 Å². The Labute approximate surface area is 201 Å². The van der Waals surface area contributed by atoms with E-state index in [2.05, 4.69) is 30.3 Å². The van der Waals surface area contributed by atoms with E-state index in [0.29, 0.717) is 5.76 Å². The van der Waals surface area contributed by atoms with E-state index in [4.69, 9.17) is 19.2 Å². The maximum absolute atomic E-state index is 8.85. The molecule has 0 radical (unpaired) electrons. The normalized spacial score (nSPS) is 16.5. The molecule has 0 saturated carbocycles. The lowest BCUT2D eigenvalue weighted by Crippen LogP contribution is -2.44. The number of ether oxygens (including phenoxy) is 2. The molecule has 34 heavy (non-hydrogen) atoms. The number of hydrogen-bond acceptors (Lipinski definition) is 3. The van der Waals surface area contributed by atoms with Crippen molar-refractivity contribution in [2.75, 3.05) is 14.2 Å². The van der Waals surface area contributed by atoms with E-state index in [1.807, 2.05) is 78.9 Å². The van der Waals surface area contributed by atoms with E-state index >= 15 is 0 Å². The molecule has 0 saturated heterocycles. The molecule has 4 nitrogen and oxygen atoms in total. The van der Waals surface area contributed by atoms with Gasteiger partial charge in [0, 0.05) is 24.3 Å². The van der Waals surface area contributed by atoms with Gasteiger partial charge in [-0.1, -0.05) is 78.9 Å². The van der Waals surface area contributed by atoms with Crippen molar-refractivity contribution in [2.24, 2.45) is 0 Å². The number of allylic oxidation sites excluding steroid dienone is 1. The Morgan fingerprint density at radius 2 is 1.53 bits per heavy atom. The minimum atomic E-state index is -0.595. The Kier molecular flexibility index (Phi) is 8.02. The van der Waals surface area contributed by atoms with Gasteiger partial charge in [0.1, 0.15) is 11.5 Å². The summed E-state index contributed by atoms with van der Waals surface area (Å²) in [5, 5.41) is 8.85. The fraction of sp³-hybridized carbons (Fsp3) is 0.172. The fourth-order valence-corrected chi connectivity index (χ4v) is 3.93. The zero-order valence-corrected chi connectivity index (χ0v) is 19.6. The molecule has 2 N–H and O–H groups in total. The summed E-state index contributed by atoms with van der Waals surface area (Å²) >= 11 is 0. The molecule has 3 aromatic rings. The second-order valence-electron chi connectivity index (χ2n) is 8.13. The molecular formula is C29H30BO4+. The molecule has 5 heteroatoms. The zero-order valence-electron chi connectivity index (χ0n) is 19.6. The summed E-state index contributed by atoms with van der Waals surface area (Å²) in [6, 6.07) is 28.0. The van der Waals surface area contributed by atoms with Crippen LogP contribution in [0.4, 0.5) is 0 Å². The predicted octanol–water partition coefficient (Wildman–Crippen LogP) is 4.07. The van der Waals surface area contributed by atoms with Crippen LogP contribution in [-0.2, 0) is 9.39 Å². The summed E-state index contributed by atoms with van der Waals surface area (Å²) in [6.07, 6.45) is 8.28. The van der Waals surface area contributed by atoms with Gasteiger partial charge >= 0.3 is 6.92 Å². The molecule has 0 bridgehead atoms. The van der Waals surface area contributed by atoms with Gasteiger partial charge in [0.25, 0.3) is 0 Å². The number of hydrogen-bond donors (Lipinski definition) is 0. The molecule has 3 aromatic carbocycles. The van der Waals surface area contributed by atoms with E-state index in [0.717, 1.165) is 34.2 Å². The molecule has 2 atom stereocenters. The quantitative estimate of drug-likeness (QED) is 0.279. The maximum atomic E-state index is 8.85. The van der Waals surface area contributed by atoms with Crippen molar-refractivity contribution in [3.8, 4) is 5.75 Å². The van der Waals surface area contributed by atoms with E-state index < -0.39 is 6.10 Å². The van der Waals surface area contributed by atoms with Crippen molar-refractivity contribution in [3.05, 3.63) is 126 Å². The van der Waals surface area contributed by atoms with Gasteiger partial charge in [0.05, 0.1) is 13.2 Å². The highest BCUT2D eigenvalue weighted by molar-refractivity contribution is 6.80. The number of benzene rings is 3. The summed E-state index contributed by atoms with van der Waals surface area (Å²) in [4.78, 5) is 0. The van der Waals surface area contributed by atoms with Gasteiger partial charge in [-0.3, -0.25) is 0 Å². The Morgan fingerprint density at radius 1 is 0.912 bits per heavy atom. The number of methoxy groups -OCH3 is 2. The fourth-order valence-electron chi connectivity index (χ4n) is 3.93. The molecule has 0 fully saturated rings. The monoisotopic (exact) mass is 453 g/mol. The average Bonchev–Trinajstić information content (AvgIpc) is 2.92. The molecule has 0 amide bonds. The Bertz CT molecular complexity index is 1100. The van der Waals surface area contributed by atoms with Crippen LogP contribution in [0.1, 0.15) is 18.1 Å². The van der Waals surface area contributed by atoms with Crippen molar-refractivity contribution in [2.45, 2.75) is 18.6 Å². The van der Waals surface area contributed by atoms with Crippen molar-refractivity contribution >= 4 is 17.8 Å². The molecule has 2 unspecified atom stereocenters. The van der Waals surface area contributed by atoms with Crippen LogP contribution in [0.3, 0.4) is 0 Å². The van der Waals surface area contributed by atoms with Crippen LogP contribution in [0.25, 0.3) is 0 Å². The SMILES string of the molecule is COc1ccc(C([OH2+])/C=C(\OB(c2ccccc2)c2ccccc2)C2=CCC(OC)C=C2)cc1. The molecule has 1 aliphatic carbocycles. The second-order valence-corrected chi connectivity index (χ2v) is 8.13. The third-order valence-corrected chi connectivity index (χ3v) is 5.89. The zero-order chi connectivity index (χ0) is 23.8. The van der Waals surface area contributed by atoms with Crippen LogP contribution in [0.15, 0.2) is 121 Å². The van der Waals surface area contributed by atoms with Crippen LogP contribution in [-0.4, -0.2) is 32.3 Å². The third kappa shape index (κ3) is 5.87. The van der Waals surface area contributed by atoms with Crippen LogP contribution in [0.5, 0.6) is 5.75 Å². The van der Waals surface area contributed by atoms with Crippen LogP contribution in [0.2, 0.25) is 0 Å². The molecule has 0 aromatic heterocycles. The Balaban J connectivity index is 1.71. The first-order chi connectivity index (χ1) is 16.7. The highest BCUT2D eigenvalue weighted by Gasteiger charge is 2.26. The largest absolute Gasteiger partial charge is 0.551 e. The minimum absolute atomic E-state index is 0.0532. The van der Waals surface area contributed by atoms with E-state index in [1.54, 1.807) is 14.2 Å². The van der Waals surface area contributed by atoms with E-state index in [9.17, 15) is 0 Å². The maximum Gasteiger partial charge on any atom is 0.426 e. The summed E-state index contributed by atoms with van der Waals surface area (Å²) < 4.78 is 17.5. The summed E-state index contributed by atoms with van der Waals surface area (Å²) in [5.41, 5.74) is 3.94. The molecule has 0 spiro atoms. The van der Waals surface area contributed by atoms with Gasteiger partial charge in [0.15, 0.2) is 0 Å². The molecule has 172 valence electrons. The average molecular weight is 453 g/mol. The molecule has 0 heterocycles. The lowest BCUT2D eigenvalue weighted by atomic mass is 9.55. The molecule has 0 aliphatic heterocycles. The minimum Gasteiger partial charge on any atom is -0.551 e. The summed E-state index contributed by atoms with van der Waals surface area (Å²) in [5.74, 6) is 1.45. The Hall–Kier alpha value is -3.54. The van der Waals surface area contributed by atoms with Crippen LogP contribution in [0, 0.1) is 0 Å². The van der Waals surface area contributed by atoms with Crippen LogP contribution >= 0.6 is 0 Å². The molecular weight excluding hydrogens is 423 g/mol. The van der Waals surface area contributed by atoms with Crippen molar-refractivity contribution in [1.82, 2.24) is 0 Å². The molecule has 1 aliphatic rings. The highest BCUT2D eigenvalue weighted by Crippen LogP contribution is 2.26.